The maximum Gasteiger partial charge on any atom is 0.357 e. The highest BCUT2D eigenvalue weighted by Crippen LogP contribution is 2.32. The van der Waals surface area contributed by atoms with Crippen molar-refractivity contribution in [3.63, 3.8) is 0 Å². The highest BCUT2D eigenvalue weighted by molar-refractivity contribution is 14.1. The molecule has 1 fully saturated rings. The van der Waals surface area contributed by atoms with Crippen LogP contribution in [0.2, 0.25) is 0 Å². The van der Waals surface area contributed by atoms with Crippen LogP contribution in [0.25, 0.3) is 0 Å². The second-order valence-corrected chi connectivity index (χ2v) is 7.74. The molecule has 2 aromatic carbocycles. The molecule has 30 heavy (non-hydrogen) atoms. The molecule has 3 rings (SSSR count). The SMILES string of the molecule is O=C(COc1ccccc1)N[C@H]1C(=O)N(C(O)(Cc2ccccc2)C(=O)O)[C@H]1CI. The number of alkyl halides is 1. The molecule has 2 amide bonds. The van der Waals surface area contributed by atoms with Crippen LogP contribution in [0.1, 0.15) is 5.56 Å². The van der Waals surface area contributed by atoms with Crippen molar-refractivity contribution < 1.29 is 29.3 Å². The lowest BCUT2D eigenvalue weighted by Gasteiger charge is -2.52. The Morgan fingerprint density at radius 2 is 1.70 bits per heavy atom. The molecule has 0 spiro atoms. The lowest BCUT2D eigenvalue weighted by Crippen LogP contribution is -2.79. The van der Waals surface area contributed by atoms with Crippen molar-refractivity contribution in [3.8, 4) is 5.75 Å². The van der Waals surface area contributed by atoms with Gasteiger partial charge >= 0.3 is 5.97 Å². The Bertz CT molecular complexity index is 910. The maximum absolute atomic E-state index is 12.7. The fourth-order valence-electron chi connectivity index (χ4n) is 3.34. The zero-order valence-corrected chi connectivity index (χ0v) is 18.1. The minimum absolute atomic E-state index is 0.264. The number of ether oxygens (including phenoxy) is 1. The van der Waals surface area contributed by atoms with E-state index in [1.54, 1.807) is 54.6 Å². The summed E-state index contributed by atoms with van der Waals surface area (Å²) in [6.45, 7) is -0.283. The van der Waals surface area contributed by atoms with Crippen LogP contribution in [0.5, 0.6) is 5.75 Å². The van der Waals surface area contributed by atoms with Crippen LogP contribution >= 0.6 is 22.6 Å². The average molecular weight is 524 g/mol. The van der Waals surface area contributed by atoms with Crippen LogP contribution in [-0.2, 0) is 20.8 Å². The Labute approximate surface area is 187 Å². The molecule has 1 heterocycles. The van der Waals surface area contributed by atoms with Gasteiger partial charge in [0.2, 0.25) is 11.6 Å². The summed E-state index contributed by atoms with van der Waals surface area (Å²) in [7, 11) is 0. The van der Waals surface area contributed by atoms with Gasteiger partial charge in [-0.15, -0.1) is 0 Å². The first-order chi connectivity index (χ1) is 14.4. The topological polar surface area (TPSA) is 116 Å². The van der Waals surface area contributed by atoms with Gasteiger partial charge in [-0.1, -0.05) is 71.1 Å². The van der Waals surface area contributed by atoms with E-state index in [9.17, 15) is 24.6 Å². The van der Waals surface area contributed by atoms with Gasteiger partial charge < -0.3 is 20.3 Å². The molecular weight excluding hydrogens is 503 g/mol. The number of para-hydroxylation sites is 1. The van der Waals surface area contributed by atoms with E-state index in [2.05, 4.69) is 5.32 Å². The number of nitrogens with one attached hydrogen (secondary N) is 1. The van der Waals surface area contributed by atoms with Gasteiger partial charge in [0.25, 0.3) is 5.91 Å². The smallest absolute Gasteiger partial charge is 0.357 e. The summed E-state index contributed by atoms with van der Waals surface area (Å²) < 4.78 is 5.70. The molecule has 9 heteroatoms. The summed E-state index contributed by atoms with van der Waals surface area (Å²) in [4.78, 5) is 37.8. The number of likely N-dealkylation sites (tertiary alicyclic amines) is 1. The van der Waals surface area contributed by atoms with E-state index in [0.29, 0.717) is 15.7 Å². The largest absolute Gasteiger partial charge is 0.484 e. The Morgan fingerprint density at radius 3 is 2.27 bits per heavy atom. The summed E-state index contributed by atoms with van der Waals surface area (Å²) in [5.74, 6) is -2.16. The molecule has 3 N–H and O–H groups in total. The van der Waals surface area contributed by atoms with Crippen LogP contribution in [0.3, 0.4) is 0 Å². The summed E-state index contributed by atoms with van der Waals surface area (Å²) in [5.41, 5.74) is -1.83. The van der Waals surface area contributed by atoms with Gasteiger partial charge in [0, 0.05) is 10.8 Å². The zero-order chi connectivity index (χ0) is 21.7. The zero-order valence-electron chi connectivity index (χ0n) is 15.9. The highest BCUT2D eigenvalue weighted by atomic mass is 127. The fraction of sp³-hybridized carbons (Fsp3) is 0.286. The Kier molecular flexibility index (Phi) is 6.93. The van der Waals surface area contributed by atoms with Crippen LogP contribution in [0, 0.1) is 0 Å². The van der Waals surface area contributed by atoms with Crippen LogP contribution in [-0.4, -0.2) is 61.7 Å². The second kappa shape index (κ2) is 9.43. The summed E-state index contributed by atoms with van der Waals surface area (Å²) in [6.07, 6.45) is -0.264. The number of aliphatic carboxylic acids is 1. The quantitative estimate of drug-likeness (QED) is 0.258. The first-order valence-electron chi connectivity index (χ1n) is 9.23. The lowest BCUT2D eigenvalue weighted by atomic mass is 9.89. The molecule has 158 valence electrons. The van der Waals surface area contributed by atoms with Crippen molar-refractivity contribution in [2.24, 2.45) is 0 Å². The number of halogens is 1. The van der Waals surface area contributed by atoms with E-state index in [4.69, 9.17) is 4.74 Å². The molecule has 0 aromatic heterocycles. The van der Waals surface area contributed by atoms with E-state index >= 15 is 0 Å². The standard InChI is InChI=1S/C21H21IN2O6/c22-12-16-18(23-17(25)13-30-15-9-5-2-6-10-15)19(26)24(16)21(29,20(27)28)11-14-7-3-1-4-8-14/h1-10,16,18,29H,11-13H2,(H,23,25)(H,27,28)/t16-,18+,21?/m0/s1. The Hall–Kier alpha value is -2.66. The predicted octanol–water partition coefficient (Wildman–Crippen LogP) is 1.21. The molecule has 0 saturated carbocycles. The number of nitrogens with zero attached hydrogens (tertiary/aromatic N) is 1. The molecule has 0 bridgehead atoms. The number of carbonyl (C=O) groups is 3. The minimum atomic E-state index is -2.41. The first kappa shape index (κ1) is 22.0. The van der Waals surface area contributed by atoms with Crippen molar-refractivity contribution in [1.29, 1.82) is 0 Å². The molecule has 8 nitrogen and oxygen atoms in total. The molecule has 1 unspecified atom stereocenters. The van der Waals surface area contributed by atoms with E-state index in [1.807, 2.05) is 28.7 Å². The number of carboxylic acid groups (broad SMARTS) is 1. The third-order valence-electron chi connectivity index (χ3n) is 4.84. The van der Waals surface area contributed by atoms with Gasteiger partial charge in [0.05, 0.1) is 6.04 Å². The molecule has 3 atom stereocenters. The summed E-state index contributed by atoms with van der Waals surface area (Å²) in [6, 6.07) is 15.8. The van der Waals surface area contributed by atoms with Crippen LogP contribution < -0.4 is 10.1 Å². The van der Waals surface area contributed by atoms with Gasteiger partial charge in [-0.25, -0.2) is 4.79 Å². The van der Waals surface area contributed by atoms with Crippen molar-refractivity contribution >= 4 is 40.4 Å². The number of hydrogen-bond donors (Lipinski definition) is 3. The molecule has 1 aliphatic heterocycles. The van der Waals surface area contributed by atoms with Gasteiger partial charge in [-0.3, -0.25) is 14.5 Å². The van der Waals surface area contributed by atoms with E-state index in [0.717, 1.165) is 4.90 Å². The van der Waals surface area contributed by atoms with Crippen LogP contribution in [0.15, 0.2) is 60.7 Å². The van der Waals surface area contributed by atoms with Crippen molar-refractivity contribution in [3.05, 3.63) is 66.2 Å². The van der Waals surface area contributed by atoms with E-state index < -0.39 is 35.6 Å². The maximum atomic E-state index is 12.7. The van der Waals surface area contributed by atoms with E-state index in [-0.39, 0.29) is 13.0 Å². The summed E-state index contributed by atoms with van der Waals surface area (Å²) >= 11 is 2.00. The highest BCUT2D eigenvalue weighted by Gasteiger charge is 2.59. The number of β-lactam (4-membered cyclic amide) rings is 1. The second-order valence-electron chi connectivity index (χ2n) is 6.86. The number of benzene rings is 2. The van der Waals surface area contributed by atoms with Crippen LogP contribution in [0.4, 0.5) is 0 Å². The van der Waals surface area contributed by atoms with Crippen molar-refractivity contribution in [1.82, 2.24) is 10.2 Å². The minimum Gasteiger partial charge on any atom is -0.484 e. The van der Waals surface area contributed by atoms with Gasteiger partial charge in [0.1, 0.15) is 11.8 Å². The van der Waals surface area contributed by atoms with Gasteiger partial charge in [0.15, 0.2) is 6.61 Å². The first-order valence-corrected chi connectivity index (χ1v) is 10.8. The Balaban J connectivity index is 1.67. The van der Waals surface area contributed by atoms with Crippen molar-refractivity contribution in [2.45, 2.75) is 24.2 Å². The number of aliphatic hydroxyl groups is 1. The van der Waals surface area contributed by atoms with Gasteiger partial charge in [-0.2, -0.15) is 0 Å². The predicted molar refractivity (Wildman–Crippen MR) is 116 cm³/mol. The molecule has 2 aromatic rings. The average Bonchev–Trinajstić information content (AvgIpc) is 2.75. The third kappa shape index (κ3) is 4.57. The lowest BCUT2D eigenvalue weighted by molar-refractivity contribution is -0.209. The number of amides is 2. The van der Waals surface area contributed by atoms with Gasteiger partial charge in [-0.05, 0) is 17.7 Å². The molecule has 1 saturated heterocycles. The fourth-order valence-corrected chi connectivity index (χ4v) is 4.24. The summed E-state index contributed by atoms with van der Waals surface area (Å²) in [5, 5.41) is 23.2. The number of rotatable bonds is 9. The number of carboxylic acids is 1. The molecule has 0 aliphatic carbocycles. The van der Waals surface area contributed by atoms with E-state index in [1.165, 1.54) is 0 Å². The number of hydrogen-bond acceptors (Lipinski definition) is 5. The monoisotopic (exact) mass is 524 g/mol. The third-order valence-corrected chi connectivity index (χ3v) is 5.74. The molecule has 0 radical (unpaired) electrons. The Morgan fingerprint density at radius 1 is 1.10 bits per heavy atom. The van der Waals surface area contributed by atoms with Crippen molar-refractivity contribution in [2.75, 3.05) is 11.0 Å². The number of carbonyl (C=O) groups excluding carboxylic acids is 2. The molecule has 1 aliphatic rings. The molecular formula is C21H21IN2O6. The normalized spacial score (nSPS) is 20.1.